The zero-order chi connectivity index (χ0) is 14.7. The van der Waals surface area contributed by atoms with Gasteiger partial charge < -0.3 is 4.90 Å². The molecule has 0 unspecified atom stereocenters. The van der Waals surface area contributed by atoms with Gasteiger partial charge >= 0.3 is 0 Å². The van der Waals surface area contributed by atoms with E-state index in [2.05, 4.69) is 15.9 Å². The highest BCUT2D eigenvalue weighted by molar-refractivity contribution is 9.10. The minimum atomic E-state index is -0.393. The summed E-state index contributed by atoms with van der Waals surface area (Å²) in [6.07, 6.45) is 0. The number of para-hydroxylation sites is 1. The third-order valence-electron chi connectivity index (χ3n) is 3.20. The van der Waals surface area contributed by atoms with Gasteiger partial charge in [0.1, 0.15) is 5.82 Å². The first-order valence-electron chi connectivity index (χ1n) is 6.37. The number of nitrogens with zero attached hydrogens (tertiary/aromatic N) is 1. The van der Waals surface area contributed by atoms with Crippen LogP contribution in [0, 0.1) is 12.7 Å². The molecule has 0 saturated heterocycles. The van der Waals surface area contributed by atoms with Crippen molar-refractivity contribution in [3.8, 4) is 0 Å². The quantitative estimate of drug-likeness (QED) is 0.804. The summed E-state index contributed by atoms with van der Waals surface area (Å²) in [4.78, 5) is 14.1. The summed E-state index contributed by atoms with van der Waals surface area (Å²) in [7, 11) is 0. The first-order valence-corrected chi connectivity index (χ1v) is 7.17. The second-order valence-corrected chi connectivity index (χ2v) is 5.27. The summed E-state index contributed by atoms with van der Waals surface area (Å²) in [5.41, 5.74) is 1.73. The molecule has 0 saturated carbocycles. The van der Waals surface area contributed by atoms with E-state index < -0.39 is 5.82 Å². The molecule has 0 aromatic heterocycles. The van der Waals surface area contributed by atoms with Gasteiger partial charge in [-0.1, -0.05) is 34.1 Å². The highest BCUT2D eigenvalue weighted by atomic mass is 79.9. The van der Waals surface area contributed by atoms with Crippen LogP contribution < -0.4 is 4.90 Å². The zero-order valence-corrected chi connectivity index (χ0v) is 12.9. The molecule has 1 amide bonds. The molecule has 0 aliphatic heterocycles. The smallest absolute Gasteiger partial charge is 0.258 e. The molecule has 0 fully saturated rings. The average Bonchev–Trinajstić information content (AvgIpc) is 2.44. The van der Waals surface area contributed by atoms with Gasteiger partial charge in [0.25, 0.3) is 5.91 Å². The lowest BCUT2D eigenvalue weighted by Gasteiger charge is -2.22. The molecule has 2 aromatic rings. The number of amides is 1. The Morgan fingerprint density at radius 2 is 1.90 bits per heavy atom. The van der Waals surface area contributed by atoms with Crippen molar-refractivity contribution in [2.75, 3.05) is 11.4 Å². The van der Waals surface area contributed by atoms with Crippen molar-refractivity contribution in [2.24, 2.45) is 0 Å². The minimum absolute atomic E-state index is 0.198. The van der Waals surface area contributed by atoms with Crippen LogP contribution in [0.5, 0.6) is 0 Å². The van der Waals surface area contributed by atoms with Crippen LogP contribution in [0.4, 0.5) is 10.1 Å². The second kappa shape index (κ2) is 6.18. The Morgan fingerprint density at radius 1 is 1.20 bits per heavy atom. The number of rotatable bonds is 3. The van der Waals surface area contributed by atoms with Crippen LogP contribution in [-0.4, -0.2) is 12.5 Å². The normalized spacial score (nSPS) is 10.4. The predicted octanol–water partition coefficient (Wildman–Crippen LogP) is 4.56. The Labute approximate surface area is 126 Å². The van der Waals surface area contributed by atoms with E-state index in [1.54, 1.807) is 30.3 Å². The zero-order valence-electron chi connectivity index (χ0n) is 11.4. The molecule has 0 spiro atoms. The number of benzene rings is 2. The Morgan fingerprint density at radius 3 is 2.55 bits per heavy atom. The molecule has 4 heteroatoms. The van der Waals surface area contributed by atoms with Gasteiger partial charge in [0.15, 0.2) is 0 Å². The number of halogens is 2. The van der Waals surface area contributed by atoms with Crippen molar-refractivity contribution < 1.29 is 9.18 Å². The third-order valence-corrected chi connectivity index (χ3v) is 4.06. The van der Waals surface area contributed by atoms with Crippen molar-refractivity contribution in [2.45, 2.75) is 13.8 Å². The monoisotopic (exact) mass is 335 g/mol. The summed E-state index contributed by atoms with van der Waals surface area (Å²) in [5, 5.41) is 0. The van der Waals surface area contributed by atoms with Crippen LogP contribution in [0.3, 0.4) is 0 Å². The molecule has 104 valence electrons. The van der Waals surface area contributed by atoms with Crippen LogP contribution in [0.15, 0.2) is 46.9 Å². The molecular weight excluding hydrogens is 321 g/mol. The van der Waals surface area contributed by atoms with Gasteiger partial charge in [-0.05, 0) is 43.7 Å². The van der Waals surface area contributed by atoms with Gasteiger partial charge in [-0.3, -0.25) is 4.79 Å². The Kier molecular flexibility index (Phi) is 4.55. The van der Waals surface area contributed by atoms with E-state index in [1.807, 2.05) is 19.9 Å². The highest BCUT2D eigenvalue weighted by Gasteiger charge is 2.20. The average molecular weight is 336 g/mol. The third kappa shape index (κ3) is 2.75. The van der Waals surface area contributed by atoms with E-state index in [9.17, 15) is 9.18 Å². The molecule has 0 heterocycles. The fourth-order valence-corrected chi connectivity index (χ4v) is 2.44. The predicted molar refractivity (Wildman–Crippen MR) is 82.6 cm³/mol. The van der Waals surface area contributed by atoms with E-state index in [4.69, 9.17) is 0 Å². The molecular formula is C16H15BrFNO. The Hall–Kier alpha value is -1.68. The van der Waals surface area contributed by atoms with Gasteiger partial charge in [0, 0.05) is 16.6 Å². The van der Waals surface area contributed by atoms with Crippen LogP contribution in [0.2, 0.25) is 0 Å². The topological polar surface area (TPSA) is 20.3 Å². The van der Waals surface area contributed by atoms with Gasteiger partial charge in [0.05, 0.1) is 5.69 Å². The lowest BCUT2D eigenvalue weighted by Crippen LogP contribution is -2.32. The largest absolute Gasteiger partial charge is 0.306 e. The fraction of sp³-hybridized carbons (Fsp3) is 0.188. The maximum absolute atomic E-state index is 13.9. The molecule has 0 atom stereocenters. The number of hydrogen-bond donors (Lipinski definition) is 0. The van der Waals surface area contributed by atoms with Crippen molar-refractivity contribution in [3.63, 3.8) is 0 Å². The fourth-order valence-electron chi connectivity index (χ4n) is 2.08. The van der Waals surface area contributed by atoms with Crippen LogP contribution >= 0.6 is 15.9 Å². The molecule has 0 aliphatic rings. The molecule has 0 bridgehead atoms. The number of hydrogen-bond acceptors (Lipinski definition) is 1. The van der Waals surface area contributed by atoms with Crippen molar-refractivity contribution in [1.82, 2.24) is 0 Å². The number of carbonyl (C=O) groups is 1. The van der Waals surface area contributed by atoms with Gasteiger partial charge in [-0.2, -0.15) is 0 Å². The van der Waals surface area contributed by atoms with Crippen LogP contribution in [0.25, 0.3) is 0 Å². The first kappa shape index (κ1) is 14.7. The Balaban J connectivity index is 2.45. The molecule has 0 radical (unpaired) electrons. The minimum Gasteiger partial charge on any atom is -0.306 e. The SMILES string of the molecule is CCN(C(=O)c1cccc(Br)c1C)c1ccccc1F. The molecule has 0 N–H and O–H groups in total. The maximum atomic E-state index is 13.9. The van der Waals surface area contributed by atoms with E-state index in [-0.39, 0.29) is 5.91 Å². The summed E-state index contributed by atoms with van der Waals surface area (Å²) in [6.45, 7) is 4.11. The van der Waals surface area contributed by atoms with Gasteiger partial charge in [-0.15, -0.1) is 0 Å². The molecule has 0 aliphatic carbocycles. The highest BCUT2D eigenvalue weighted by Crippen LogP contribution is 2.24. The van der Waals surface area contributed by atoms with E-state index in [0.717, 1.165) is 10.0 Å². The summed E-state index contributed by atoms with van der Waals surface area (Å²) in [6, 6.07) is 11.8. The van der Waals surface area contributed by atoms with Gasteiger partial charge in [-0.25, -0.2) is 4.39 Å². The summed E-state index contributed by atoms with van der Waals surface area (Å²) < 4.78 is 14.7. The van der Waals surface area contributed by atoms with Crippen molar-refractivity contribution in [1.29, 1.82) is 0 Å². The molecule has 20 heavy (non-hydrogen) atoms. The van der Waals surface area contributed by atoms with Crippen LogP contribution in [0.1, 0.15) is 22.8 Å². The van der Waals surface area contributed by atoms with Crippen LogP contribution in [-0.2, 0) is 0 Å². The molecule has 2 rings (SSSR count). The molecule has 2 nitrogen and oxygen atoms in total. The molecule has 2 aromatic carbocycles. The van der Waals surface area contributed by atoms with Crippen molar-refractivity contribution in [3.05, 3.63) is 63.9 Å². The summed E-state index contributed by atoms with van der Waals surface area (Å²) in [5.74, 6) is -0.591. The van der Waals surface area contributed by atoms with E-state index in [0.29, 0.717) is 17.8 Å². The van der Waals surface area contributed by atoms with E-state index >= 15 is 0 Å². The van der Waals surface area contributed by atoms with Crippen molar-refractivity contribution >= 4 is 27.5 Å². The number of carbonyl (C=O) groups excluding carboxylic acids is 1. The Bertz CT molecular complexity index is 642. The summed E-state index contributed by atoms with van der Waals surface area (Å²) >= 11 is 3.41. The standard InChI is InChI=1S/C16H15BrFNO/c1-3-19(15-10-5-4-9-14(15)18)16(20)12-7-6-8-13(17)11(12)2/h4-10H,3H2,1-2H3. The number of anilines is 1. The lowest BCUT2D eigenvalue weighted by atomic mass is 10.1. The van der Waals surface area contributed by atoms with E-state index in [1.165, 1.54) is 11.0 Å². The van der Waals surface area contributed by atoms with Gasteiger partial charge in [0.2, 0.25) is 0 Å². The lowest BCUT2D eigenvalue weighted by molar-refractivity contribution is 0.0987. The maximum Gasteiger partial charge on any atom is 0.258 e. The second-order valence-electron chi connectivity index (χ2n) is 4.41. The first-order chi connectivity index (χ1) is 9.56.